The first kappa shape index (κ1) is 14.6. The third-order valence-electron chi connectivity index (χ3n) is 4.10. The Hall–Kier alpha value is -2.29. The van der Waals surface area contributed by atoms with Crippen LogP contribution in [-0.2, 0) is 0 Å². The number of hydrogen-bond acceptors (Lipinski definition) is 2. The fourth-order valence-corrected chi connectivity index (χ4v) is 2.82. The zero-order valence-electron chi connectivity index (χ0n) is 13.1. The number of aryl methyl sites for hydroxylation is 1. The highest BCUT2D eigenvalue weighted by Gasteiger charge is 2.18. The summed E-state index contributed by atoms with van der Waals surface area (Å²) in [6, 6.07) is 12.2. The first-order valence-corrected chi connectivity index (χ1v) is 7.91. The molecule has 0 fully saturated rings. The van der Waals surface area contributed by atoms with E-state index in [1.54, 1.807) is 0 Å². The van der Waals surface area contributed by atoms with Crippen LogP contribution in [0.25, 0.3) is 21.7 Å². The molecular formula is C19H21NO2. The van der Waals surface area contributed by atoms with Gasteiger partial charge in [0.25, 0.3) is 5.91 Å². The lowest BCUT2D eigenvalue weighted by Gasteiger charge is -2.02. The SMILES string of the molecule is CCCCCNC(=O)c1oc2c(ccc3ccccc32)c1C. The molecule has 0 radical (unpaired) electrons. The van der Waals surface area contributed by atoms with Crippen LogP contribution in [0.5, 0.6) is 0 Å². The summed E-state index contributed by atoms with van der Waals surface area (Å²) in [7, 11) is 0. The second kappa shape index (κ2) is 6.22. The maximum Gasteiger partial charge on any atom is 0.287 e. The van der Waals surface area contributed by atoms with E-state index < -0.39 is 0 Å². The molecule has 1 aromatic heterocycles. The molecule has 0 unspecified atom stereocenters. The molecular weight excluding hydrogens is 274 g/mol. The Bertz CT molecular complexity index is 817. The molecule has 22 heavy (non-hydrogen) atoms. The number of rotatable bonds is 5. The Kier molecular flexibility index (Phi) is 4.14. The van der Waals surface area contributed by atoms with Crippen molar-refractivity contribution in [2.45, 2.75) is 33.1 Å². The molecule has 1 heterocycles. The topological polar surface area (TPSA) is 42.2 Å². The summed E-state index contributed by atoms with van der Waals surface area (Å²) in [5.41, 5.74) is 1.71. The second-order valence-corrected chi connectivity index (χ2v) is 5.68. The highest BCUT2D eigenvalue weighted by molar-refractivity contribution is 6.08. The lowest BCUT2D eigenvalue weighted by atomic mass is 10.1. The molecule has 0 aliphatic rings. The zero-order chi connectivity index (χ0) is 15.5. The van der Waals surface area contributed by atoms with Crippen molar-refractivity contribution >= 4 is 27.6 Å². The number of furan rings is 1. The summed E-state index contributed by atoms with van der Waals surface area (Å²) in [5, 5.41) is 6.14. The molecule has 3 aromatic rings. The number of carbonyl (C=O) groups excluding carboxylic acids is 1. The van der Waals surface area contributed by atoms with Gasteiger partial charge in [-0.3, -0.25) is 4.79 Å². The Morgan fingerprint density at radius 3 is 2.73 bits per heavy atom. The van der Waals surface area contributed by atoms with E-state index in [1.165, 1.54) is 0 Å². The van der Waals surface area contributed by atoms with Gasteiger partial charge in [-0.25, -0.2) is 0 Å². The smallest absolute Gasteiger partial charge is 0.287 e. The van der Waals surface area contributed by atoms with Crippen molar-refractivity contribution in [2.24, 2.45) is 0 Å². The minimum Gasteiger partial charge on any atom is -0.450 e. The molecule has 0 spiro atoms. The molecule has 114 valence electrons. The molecule has 3 nitrogen and oxygen atoms in total. The van der Waals surface area contributed by atoms with E-state index in [4.69, 9.17) is 4.42 Å². The van der Waals surface area contributed by atoms with Gasteiger partial charge in [0.05, 0.1) is 0 Å². The molecule has 3 rings (SSSR count). The van der Waals surface area contributed by atoms with Gasteiger partial charge >= 0.3 is 0 Å². The van der Waals surface area contributed by atoms with E-state index in [2.05, 4.69) is 24.4 Å². The lowest BCUT2D eigenvalue weighted by molar-refractivity contribution is 0.0926. The van der Waals surface area contributed by atoms with Crippen LogP contribution in [0.3, 0.4) is 0 Å². The second-order valence-electron chi connectivity index (χ2n) is 5.68. The summed E-state index contributed by atoms with van der Waals surface area (Å²) in [5.74, 6) is 0.316. The Morgan fingerprint density at radius 1 is 1.09 bits per heavy atom. The molecule has 0 saturated heterocycles. The highest BCUT2D eigenvalue weighted by Crippen LogP contribution is 2.31. The molecule has 1 N–H and O–H groups in total. The van der Waals surface area contributed by atoms with Gasteiger partial charge in [-0.15, -0.1) is 0 Å². The van der Waals surface area contributed by atoms with Gasteiger partial charge in [0.2, 0.25) is 0 Å². The van der Waals surface area contributed by atoms with Gasteiger partial charge in [-0.05, 0) is 18.7 Å². The van der Waals surface area contributed by atoms with Crippen LogP contribution >= 0.6 is 0 Å². The van der Waals surface area contributed by atoms with Crippen molar-refractivity contribution in [1.29, 1.82) is 0 Å². The summed E-state index contributed by atoms with van der Waals surface area (Å²) < 4.78 is 5.92. The minimum atomic E-state index is -0.117. The normalized spacial score (nSPS) is 11.2. The molecule has 0 bridgehead atoms. The van der Waals surface area contributed by atoms with Gasteiger partial charge < -0.3 is 9.73 Å². The number of fused-ring (bicyclic) bond motifs is 3. The van der Waals surface area contributed by atoms with Crippen molar-refractivity contribution in [2.75, 3.05) is 6.54 Å². The number of unbranched alkanes of at least 4 members (excludes halogenated alkanes) is 2. The van der Waals surface area contributed by atoms with E-state index in [1.807, 2.05) is 31.2 Å². The maximum absolute atomic E-state index is 12.3. The number of nitrogens with one attached hydrogen (secondary N) is 1. The Labute approximate surface area is 130 Å². The van der Waals surface area contributed by atoms with Crippen LogP contribution in [0.15, 0.2) is 40.8 Å². The van der Waals surface area contributed by atoms with Crippen LogP contribution in [0.1, 0.15) is 42.3 Å². The van der Waals surface area contributed by atoms with Crippen LogP contribution < -0.4 is 5.32 Å². The van der Waals surface area contributed by atoms with Gasteiger partial charge in [-0.1, -0.05) is 56.2 Å². The highest BCUT2D eigenvalue weighted by atomic mass is 16.3. The quantitative estimate of drug-likeness (QED) is 0.686. The van der Waals surface area contributed by atoms with Crippen molar-refractivity contribution < 1.29 is 9.21 Å². The van der Waals surface area contributed by atoms with Gasteiger partial charge in [-0.2, -0.15) is 0 Å². The van der Waals surface area contributed by atoms with Crippen LogP contribution in [0, 0.1) is 6.92 Å². The molecule has 0 aliphatic heterocycles. The fourth-order valence-electron chi connectivity index (χ4n) is 2.82. The average molecular weight is 295 g/mol. The predicted molar refractivity (Wildman–Crippen MR) is 90.3 cm³/mol. The Morgan fingerprint density at radius 2 is 1.91 bits per heavy atom. The van der Waals surface area contributed by atoms with Gasteiger partial charge in [0, 0.05) is 22.9 Å². The molecule has 0 atom stereocenters. The van der Waals surface area contributed by atoms with E-state index >= 15 is 0 Å². The largest absolute Gasteiger partial charge is 0.450 e. The van der Waals surface area contributed by atoms with Gasteiger partial charge in [0.1, 0.15) is 5.58 Å². The summed E-state index contributed by atoms with van der Waals surface area (Å²) >= 11 is 0. The third-order valence-corrected chi connectivity index (χ3v) is 4.10. The van der Waals surface area contributed by atoms with Crippen molar-refractivity contribution in [1.82, 2.24) is 5.32 Å². The zero-order valence-corrected chi connectivity index (χ0v) is 13.1. The number of carbonyl (C=O) groups is 1. The first-order chi connectivity index (χ1) is 10.7. The Balaban J connectivity index is 1.95. The van der Waals surface area contributed by atoms with Crippen LogP contribution in [0.4, 0.5) is 0 Å². The van der Waals surface area contributed by atoms with Crippen LogP contribution in [0.2, 0.25) is 0 Å². The summed E-state index contributed by atoms with van der Waals surface area (Å²) in [6.07, 6.45) is 3.28. The van der Waals surface area contributed by atoms with Crippen LogP contribution in [-0.4, -0.2) is 12.5 Å². The number of benzene rings is 2. The van der Waals surface area contributed by atoms with Gasteiger partial charge in [0.15, 0.2) is 5.76 Å². The standard InChI is InChI=1S/C19H21NO2/c1-3-4-7-12-20-19(21)17-13(2)15-11-10-14-8-5-6-9-16(14)18(15)22-17/h5-6,8-11H,3-4,7,12H2,1-2H3,(H,20,21). The number of amides is 1. The van der Waals surface area contributed by atoms with E-state index in [9.17, 15) is 4.79 Å². The van der Waals surface area contributed by atoms with Crippen molar-refractivity contribution in [3.8, 4) is 0 Å². The number of hydrogen-bond donors (Lipinski definition) is 1. The average Bonchev–Trinajstić information content (AvgIpc) is 2.89. The molecule has 3 heteroatoms. The first-order valence-electron chi connectivity index (χ1n) is 7.91. The molecule has 0 aliphatic carbocycles. The van der Waals surface area contributed by atoms with Crippen molar-refractivity contribution in [3.05, 3.63) is 47.7 Å². The minimum absolute atomic E-state index is 0.117. The monoisotopic (exact) mass is 295 g/mol. The molecule has 1 amide bonds. The molecule has 0 saturated carbocycles. The maximum atomic E-state index is 12.3. The third kappa shape index (κ3) is 2.59. The van der Waals surface area contributed by atoms with E-state index in [-0.39, 0.29) is 5.91 Å². The molecule has 2 aromatic carbocycles. The lowest BCUT2D eigenvalue weighted by Crippen LogP contribution is -2.24. The van der Waals surface area contributed by atoms with Crippen molar-refractivity contribution in [3.63, 3.8) is 0 Å². The summed E-state index contributed by atoms with van der Waals surface area (Å²) in [6.45, 7) is 4.79. The van der Waals surface area contributed by atoms with E-state index in [0.717, 1.165) is 46.6 Å². The fraction of sp³-hybridized carbons (Fsp3) is 0.316. The predicted octanol–water partition coefficient (Wildman–Crippen LogP) is 4.81. The summed E-state index contributed by atoms with van der Waals surface area (Å²) in [4.78, 5) is 12.3. The van der Waals surface area contributed by atoms with E-state index in [0.29, 0.717) is 12.3 Å².